The quantitative estimate of drug-likeness (QED) is 0.871. The van der Waals surface area contributed by atoms with Gasteiger partial charge in [-0.25, -0.2) is 9.78 Å². The highest BCUT2D eigenvalue weighted by molar-refractivity contribution is 5.85. The van der Waals surface area contributed by atoms with Crippen molar-refractivity contribution in [2.75, 3.05) is 7.11 Å². The number of carbonyl (C=O) groups is 1. The van der Waals surface area contributed by atoms with E-state index in [9.17, 15) is 4.79 Å². The maximum absolute atomic E-state index is 11.0. The van der Waals surface area contributed by atoms with Gasteiger partial charge in [0.05, 0.1) is 7.11 Å². The Balaban J connectivity index is 2.31. The molecule has 5 heteroatoms. The van der Waals surface area contributed by atoms with Crippen LogP contribution in [-0.4, -0.2) is 28.2 Å². The third-order valence-corrected chi connectivity index (χ3v) is 3.12. The van der Waals surface area contributed by atoms with Crippen LogP contribution in [0, 0.1) is 0 Å². The number of carboxylic acid groups (broad SMARTS) is 1. The Hall–Kier alpha value is -1.65. The van der Waals surface area contributed by atoms with Gasteiger partial charge >= 0.3 is 5.97 Å². The van der Waals surface area contributed by atoms with Crippen LogP contribution in [0.25, 0.3) is 0 Å². The largest absolute Gasteiger partial charge is 0.481 e. The van der Waals surface area contributed by atoms with Crippen LogP contribution in [0.3, 0.4) is 0 Å². The van der Waals surface area contributed by atoms with Crippen LogP contribution in [0.2, 0.25) is 0 Å². The lowest BCUT2D eigenvalue weighted by atomic mass is 9.88. The Morgan fingerprint density at radius 2 is 2.06 bits per heavy atom. The molecule has 1 fully saturated rings. The van der Waals surface area contributed by atoms with E-state index in [1.165, 1.54) is 19.6 Å². The summed E-state index contributed by atoms with van der Waals surface area (Å²) >= 11 is 0. The molecule has 1 N–H and O–H groups in total. The van der Waals surface area contributed by atoms with Gasteiger partial charge < -0.3 is 9.84 Å². The molecule has 2 rings (SSSR count). The highest BCUT2D eigenvalue weighted by Crippen LogP contribution is 2.31. The molecule has 1 heterocycles. The van der Waals surface area contributed by atoms with E-state index in [-0.39, 0.29) is 11.6 Å². The van der Waals surface area contributed by atoms with E-state index in [1.54, 1.807) is 0 Å². The molecule has 1 aliphatic rings. The van der Waals surface area contributed by atoms with Gasteiger partial charge in [0.25, 0.3) is 0 Å². The Morgan fingerprint density at radius 3 is 2.65 bits per heavy atom. The minimum absolute atomic E-state index is 0.0115. The minimum atomic E-state index is -1.04. The number of aromatic nitrogens is 2. The molecule has 1 aliphatic carbocycles. The van der Waals surface area contributed by atoms with Crippen molar-refractivity contribution in [3.63, 3.8) is 0 Å². The molecule has 0 bridgehead atoms. The standard InChI is InChI=1S/C12H16N2O3/c1-17-10-7-9(12(15)16)13-11(14-10)8-5-3-2-4-6-8/h7-8H,2-6H2,1H3,(H,15,16). The first kappa shape index (κ1) is 11.8. The fourth-order valence-corrected chi connectivity index (χ4v) is 2.20. The van der Waals surface area contributed by atoms with Crippen LogP contribution < -0.4 is 4.74 Å². The number of ether oxygens (including phenoxy) is 1. The number of nitrogens with zero attached hydrogens (tertiary/aromatic N) is 2. The normalized spacial score (nSPS) is 16.8. The van der Waals surface area contributed by atoms with Crippen molar-refractivity contribution in [3.05, 3.63) is 17.6 Å². The summed E-state index contributed by atoms with van der Waals surface area (Å²) in [5.41, 5.74) is 0.0115. The molecule has 0 atom stereocenters. The monoisotopic (exact) mass is 236 g/mol. The van der Waals surface area contributed by atoms with Crippen molar-refractivity contribution in [2.45, 2.75) is 38.0 Å². The predicted octanol–water partition coefficient (Wildman–Crippen LogP) is 2.23. The molecule has 5 nitrogen and oxygen atoms in total. The third-order valence-electron chi connectivity index (χ3n) is 3.12. The second-order valence-corrected chi connectivity index (χ2v) is 4.29. The van der Waals surface area contributed by atoms with Crippen molar-refractivity contribution in [1.82, 2.24) is 9.97 Å². The molecular weight excluding hydrogens is 220 g/mol. The van der Waals surface area contributed by atoms with Crippen LogP contribution >= 0.6 is 0 Å². The SMILES string of the molecule is COc1cc(C(=O)O)nc(C2CCCCC2)n1. The van der Waals surface area contributed by atoms with E-state index < -0.39 is 5.97 Å². The van der Waals surface area contributed by atoms with Crippen molar-refractivity contribution in [2.24, 2.45) is 0 Å². The summed E-state index contributed by atoms with van der Waals surface area (Å²) in [6.45, 7) is 0. The molecule has 17 heavy (non-hydrogen) atoms. The van der Waals surface area contributed by atoms with E-state index in [0.717, 1.165) is 25.7 Å². The zero-order valence-electron chi connectivity index (χ0n) is 9.85. The summed E-state index contributed by atoms with van der Waals surface area (Å²) in [4.78, 5) is 19.3. The summed E-state index contributed by atoms with van der Waals surface area (Å²) in [6.07, 6.45) is 5.63. The fourth-order valence-electron chi connectivity index (χ4n) is 2.20. The predicted molar refractivity (Wildman–Crippen MR) is 61.4 cm³/mol. The van der Waals surface area contributed by atoms with Crippen LogP contribution in [-0.2, 0) is 0 Å². The lowest BCUT2D eigenvalue weighted by molar-refractivity contribution is 0.0689. The summed E-state index contributed by atoms with van der Waals surface area (Å²) in [5.74, 6) is 0.180. The van der Waals surface area contributed by atoms with Gasteiger partial charge in [-0.3, -0.25) is 0 Å². The molecule has 0 radical (unpaired) electrons. The summed E-state index contributed by atoms with van der Waals surface area (Å²) in [6, 6.07) is 1.36. The first-order valence-electron chi connectivity index (χ1n) is 5.87. The first-order valence-corrected chi connectivity index (χ1v) is 5.87. The van der Waals surface area contributed by atoms with Gasteiger partial charge in [-0.2, -0.15) is 4.98 Å². The van der Waals surface area contributed by atoms with E-state index in [2.05, 4.69) is 9.97 Å². The van der Waals surface area contributed by atoms with Gasteiger partial charge in [0.15, 0.2) is 5.69 Å². The van der Waals surface area contributed by atoms with Gasteiger partial charge in [-0.05, 0) is 12.8 Å². The number of carboxylic acids is 1. The maximum Gasteiger partial charge on any atom is 0.354 e. The summed E-state index contributed by atoms with van der Waals surface area (Å²) in [5, 5.41) is 8.98. The van der Waals surface area contributed by atoms with Gasteiger partial charge in [-0.15, -0.1) is 0 Å². The Labute approximate surface area is 99.9 Å². The zero-order valence-corrected chi connectivity index (χ0v) is 9.85. The number of hydrogen-bond donors (Lipinski definition) is 1. The average molecular weight is 236 g/mol. The number of hydrogen-bond acceptors (Lipinski definition) is 4. The summed E-state index contributed by atoms with van der Waals surface area (Å²) in [7, 11) is 1.48. The molecule has 92 valence electrons. The minimum Gasteiger partial charge on any atom is -0.481 e. The van der Waals surface area contributed by atoms with Crippen molar-refractivity contribution < 1.29 is 14.6 Å². The van der Waals surface area contributed by atoms with Gasteiger partial charge in [0.1, 0.15) is 5.82 Å². The van der Waals surface area contributed by atoms with Crippen molar-refractivity contribution in [3.8, 4) is 5.88 Å². The van der Waals surface area contributed by atoms with Crippen LogP contribution in [0.5, 0.6) is 5.88 Å². The van der Waals surface area contributed by atoms with Crippen LogP contribution in [0.1, 0.15) is 54.3 Å². The molecule has 0 unspecified atom stereocenters. The topological polar surface area (TPSA) is 72.3 Å². The number of aromatic carboxylic acids is 1. The molecule has 0 saturated heterocycles. The Bertz CT molecular complexity index is 414. The fraction of sp³-hybridized carbons (Fsp3) is 0.583. The number of rotatable bonds is 3. The smallest absolute Gasteiger partial charge is 0.354 e. The molecule has 1 aromatic heterocycles. The van der Waals surface area contributed by atoms with Crippen LogP contribution in [0.4, 0.5) is 0 Å². The zero-order chi connectivity index (χ0) is 12.3. The van der Waals surface area contributed by atoms with E-state index in [0.29, 0.717) is 11.7 Å². The van der Waals surface area contributed by atoms with Crippen molar-refractivity contribution >= 4 is 5.97 Å². The second-order valence-electron chi connectivity index (χ2n) is 4.29. The average Bonchev–Trinajstić information content (AvgIpc) is 2.39. The molecule has 0 aromatic carbocycles. The molecule has 0 aliphatic heterocycles. The van der Waals surface area contributed by atoms with Crippen molar-refractivity contribution in [1.29, 1.82) is 0 Å². The number of methoxy groups -OCH3 is 1. The molecular formula is C12H16N2O3. The molecule has 0 spiro atoms. The van der Waals surface area contributed by atoms with E-state index in [1.807, 2.05) is 0 Å². The highest BCUT2D eigenvalue weighted by Gasteiger charge is 2.21. The molecule has 0 amide bonds. The Morgan fingerprint density at radius 1 is 1.35 bits per heavy atom. The molecule has 1 aromatic rings. The third kappa shape index (κ3) is 2.72. The van der Waals surface area contributed by atoms with Gasteiger partial charge in [-0.1, -0.05) is 19.3 Å². The molecule has 1 saturated carbocycles. The van der Waals surface area contributed by atoms with E-state index >= 15 is 0 Å². The first-order chi connectivity index (χ1) is 8.20. The highest BCUT2D eigenvalue weighted by atomic mass is 16.5. The van der Waals surface area contributed by atoms with Gasteiger partial charge in [0, 0.05) is 12.0 Å². The summed E-state index contributed by atoms with van der Waals surface area (Å²) < 4.78 is 5.02. The van der Waals surface area contributed by atoms with Crippen LogP contribution in [0.15, 0.2) is 6.07 Å². The maximum atomic E-state index is 11.0. The lowest BCUT2D eigenvalue weighted by Crippen LogP contribution is -2.12. The Kier molecular flexibility index (Phi) is 3.56. The second kappa shape index (κ2) is 5.12. The van der Waals surface area contributed by atoms with Gasteiger partial charge in [0.2, 0.25) is 5.88 Å². The lowest BCUT2D eigenvalue weighted by Gasteiger charge is -2.20. The van der Waals surface area contributed by atoms with E-state index in [4.69, 9.17) is 9.84 Å².